The summed E-state index contributed by atoms with van der Waals surface area (Å²) in [4.78, 5) is 15.2. The molecule has 6 nitrogen and oxygen atoms in total. The summed E-state index contributed by atoms with van der Waals surface area (Å²) in [5, 5.41) is 11.9. The summed E-state index contributed by atoms with van der Waals surface area (Å²) in [6, 6.07) is 8.79. The Morgan fingerprint density at radius 2 is 2.07 bits per heavy atom. The predicted octanol–water partition coefficient (Wildman–Crippen LogP) is 2.13. The van der Waals surface area contributed by atoms with Crippen molar-refractivity contribution in [3.05, 3.63) is 51.7 Å². The molecule has 8 heteroatoms. The minimum absolute atomic E-state index is 0.138. The number of carbonyl (C=O) groups excluding carboxylic acids is 1. The lowest BCUT2D eigenvalue weighted by molar-refractivity contribution is -0.143. The second-order valence-corrected chi connectivity index (χ2v) is 9.83. The molecule has 0 saturated carbocycles. The third kappa shape index (κ3) is 4.57. The van der Waals surface area contributed by atoms with E-state index in [0.717, 1.165) is 16.0 Å². The third-order valence-electron chi connectivity index (χ3n) is 4.71. The summed E-state index contributed by atoms with van der Waals surface area (Å²) in [6.45, 7) is 4.75. The summed E-state index contributed by atoms with van der Waals surface area (Å²) >= 11 is 1.50. The highest BCUT2D eigenvalue weighted by Gasteiger charge is 2.28. The van der Waals surface area contributed by atoms with E-state index in [1.807, 2.05) is 17.5 Å². The fourth-order valence-electron chi connectivity index (χ4n) is 3.02. The van der Waals surface area contributed by atoms with Crippen LogP contribution < -0.4 is 4.72 Å². The van der Waals surface area contributed by atoms with Gasteiger partial charge in [-0.1, -0.05) is 26.0 Å². The predicted molar refractivity (Wildman–Crippen MR) is 105 cm³/mol. The lowest BCUT2D eigenvalue weighted by Gasteiger charge is -2.31. The number of amides is 1. The van der Waals surface area contributed by atoms with Crippen LogP contribution in [0.3, 0.4) is 0 Å². The molecule has 0 bridgehead atoms. The van der Waals surface area contributed by atoms with Gasteiger partial charge < -0.3 is 10.0 Å². The van der Waals surface area contributed by atoms with Crippen LogP contribution >= 0.6 is 11.3 Å². The molecular formula is C19H24N2O4S2. The van der Waals surface area contributed by atoms with Crippen molar-refractivity contribution in [2.45, 2.75) is 44.4 Å². The molecule has 2 aromatic rings. The standard InChI is InChI=1S/C19H24N2O4S2/c1-13(2)18(22)19(23)21-8-7-14-10-17(6-5-15(14)12-21)27(24,25)20-11-16-4-3-9-26-16/h3-6,9-10,13,18,20,22H,7-8,11-12H2,1-2H3. The molecule has 0 saturated heterocycles. The van der Waals surface area contributed by atoms with Crippen LogP contribution in [-0.4, -0.2) is 37.0 Å². The number of fused-ring (bicyclic) bond motifs is 1. The molecule has 0 spiro atoms. The highest BCUT2D eigenvalue weighted by atomic mass is 32.2. The van der Waals surface area contributed by atoms with Crippen molar-refractivity contribution >= 4 is 27.3 Å². The topological polar surface area (TPSA) is 86.7 Å². The number of carbonyl (C=O) groups is 1. The van der Waals surface area contributed by atoms with E-state index < -0.39 is 16.1 Å². The second kappa shape index (κ2) is 8.10. The van der Waals surface area contributed by atoms with Crippen molar-refractivity contribution in [3.8, 4) is 0 Å². The Morgan fingerprint density at radius 1 is 1.30 bits per heavy atom. The van der Waals surface area contributed by atoms with E-state index in [2.05, 4.69) is 4.72 Å². The van der Waals surface area contributed by atoms with Gasteiger partial charge >= 0.3 is 0 Å². The van der Waals surface area contributed by atoms with E-state index >= 15 is 0 Å². The van der Waals surface area contributed by atoms with Crippen LogP contribution in [0.15, 0.2) is 40.6 Å². The quantitative estimate of drug-likeness (QED) is 0.767. The lowest BCUT2D eigenvalue weighted by atomic mass is 9.98. The fraction of sp³-hybridized carbons (Fsp3) is 0.421. The number of hydrogen-bond donors (Lipinski definition) is 2. The van der Waals surface area contributed by atoms with Gasteiger partial charge in [-0.05, 0) is 47.0 Å². The van der Waals surface area contributed by atoms with Gasteiger partial charge in [-0.3, -0.25) is 4.79 Å². The fourth-order valence-corrected chi connectivity index (χ4v) is 4.81. The van der Waals surface area contributed by atoms with Crippen molar-refractivity contribution in [3.63, 3.8) is 0 Å². The minimum atomic E-state index is -3.59. The van der Waals surface area contributed by atoms with Crippen LogP contribution in [0.5, 0.6) is 0 Å². The average molecular weight is 409 g/mol. The summed E-state index contributed by atoms with van der Waals surface area (Å²) < 4.78 is 27.7. The molecule has 0 fully saturated rings. The molecule has 2 heterocycles. The first-order valence-corrected chi connectivity index (χ1v) is 11.2. The van der Waals surface area contributed by atoms with Crippen molar-refractivity contribution < 1.29 is 18.3 Å². The molecule has 1 unspecified atom stereocenters. The van der Waals surface area contributed by atoms with Crippen LogP contribution in [0, 0.1) is 5.92 Å². The zero-order valence-corrected chi connectivity index (χ0v) is 17.0. The third-order valence-corrected chi connectivity index (χ3v) is 6.99. The maximum Gasteiger partial charge on any atom is 0.251 e. The molecule has 1 aliphatic heterocycles. The minimum Gasteiger partial charge on any atom is -0.383 e. The molecule has 3 rings (SSSR count). The van der Waals surface area contributed by atoms with Gasteiger partial charge in [0.05, 0.1) is 4.90 Å². The van der Waals surface area contributed by atoms with Crippen LogP contribution in [0.1, 0.15) is 29.9 Å². The number of benzene rings is 1. The first kappa shape index (κ1) is 20.0. The monoisotopic (exact) mass is 408 g/mol. The molecule has 0 aliphatic carbocycles. The summed E-state index contributed by atoms with van der Waals surface area (Å²) in [6.07, 6.45) is -0.437. The van der Waals surface area contributed by atoms with Gasteiger partial charge in [0.2, 0.25) is 10.0 Å². The molecule has 0 radical (unpaired) electrons. The number of rotatable bonds is 6. The number of thiophene rings is 1. The second-order valence-electron chi connectivity index (χ2n) is 7.03. The Labute approximate surface area is 163 Å². The highest BCUT2D eigenvalue weighted by Crippen LogP contribution is 2.24. The molecule has 2 N–H and O–H groups in total. The molecular weight excluding hydrogens is 384 g/mol. The van der Waals surface area contributed by atoms with Gasteiger partial charge in [0.25, 0.3) is 5.91 Å². The summed E-state index contributed by atoms with van der Waals surface area (Å²) in [5.41, 5.74) is 1.85. The number of sulfonamides is 1. The Morgan fingerprint density at radius 3 is 2.74 bits per heavy atom. The Balaban J connectivity index is 1.72. The van der Waals surface area contributed by atoms with Crippen LogP contribution in [0.25, 0.3) is 0 Å². The van der Waals surface area contributed by atoms with Gasteiger partial charge in [-0.2, -0.15) is 0 Å². The lowest BCUT2D eigenvalue weighted by Crippen LogP contribution is -2.44. The van der Waals surface area contributed by atoms with E-state index in [1.165, 1.54) is 11.3 Å². The largest absolute Gasteiger partial charge is 0.383 e. The maximum atomic E-state index is 12.5. The number of hydrogen-bond acceptors (Lipinski definition) is 5. The average Bonchev–Trinajstić information content (AvgIpc) is 3.18. The first-order chi connectivity index (χ1) is 12.8. The number of nitrogens with zero attached hydrogens (tertiary/aromatic N) is 1. The Kier molecular flexibility index (Phi) is 6.00. The number of aliphatic hydroxyl groups excluding tert-OH is 1. The van der Waals surface area contributed by atoms with Crippen molar-refractivity contribution in [1.29, 1.82) is 0 Å². The number of aliphatic hydroxyl groups is 1. The normalized spacial score (nSPS) is 15.6. The van der Waals surface area contributed by atoms with E-state index in [0.29, 0.717) is 19.5 Å². The Bertz CT molecular complexity index is 908. The van der Waals surface area contributed by atoms with Crippen molar-refractivity contribution in [2.24, 2.45) is 5.92 Å². The molecule has 1 atom stereocenters. The Hall–Kier alpha value is -1.74. The number of nitrogens with one attached hydrogen (secondary N) is 1. The van der Waals surface area contributed by atoms with E-state index in [1.54, 1.807) is 36.9 Å². The van der Waals surface area contributed by atoms with E-state index in [9.17, 15) is 18.3 Å². The van der Waals surface area contributed by atoms with Crippen molar-refractivity contribution in [2.75, 3.05) is 6.54 Å². The summed E-state index contributed by atoms with van der Waals surface area (Å²) in [7, 11) is -3.59. The molecule has 1 aliphatic rings. The SMILES string of the molecule is CC(C)C(O)C(=O)N1CCc2cc(S(=O)(=O)NCc3cccs3)ccc2C1. The van der Waals surface area contributed by atoms with Crippen LogP contribution in [0.2, 0.25) is 0 Å². The molecule has 146 valence electrons. The van der Waals surface area contributed by atoms with Gasteiger partial charge in [0.1, 0.15) is 6.10 Å². The zero-order chi connectivity index (χ0) is 19.6. The maximum absolute atomic E-state index is 12.5. The molecule has 1 aromatic heterocycles. The molecule has 1 amide bonds. The molecule has 1 aromatic carbocycles. The van der Waals surface area contributed by atoms with Gasteiger partial charge in [-0.15, -0.1) is 11.3 Å². The van der Waals surface area contributed by atoms with E-state index in [4.69, 9.17) is 0 Å². The zero-order valence-electron chi connectivity index (χ0n) is 15.4. The van der Waals surface area contributed by atoms with Crippen LogP contribution in [0.4, 0.5) is 0 Å². The highest BCUT2D eigenvalue weighted by molar-refractivity contribution is 7.89. The molecule has 27 heavy (non-hydrogen) atoms. The van der Waals surface area contributed by atoms with E-state index in [-0.39, 0.29) is 23.3 Å². The smallest absolute Gasteiger partial charge is 0.251 e. The van der Waals surface area contributed by atoms with Gasteiger partial charge in [0, 0.05) is 24.5 Å². The van der Waals surface area contributed by atoms with Gasteiger partial charge in [-0.25, -0.2) is 13.1 Å². The van der Waals surface area contributed by atoms with Gasteiger partial charge in [0.15, 0.2) is 0 Å². The van der Waals surface area contributed by atoms with Crippen molar-refractivity contribution in [1.82, 2.24) is 9.62 Å². The summed E-state index contributed by atoms with van der Waals surface area (Å²) in [5.74, 6) is -0.411. The first-order valence-electron chi connectivity index (χ1n) is 8.88. The van der Waals surface area contributed by atoms with Crippen LogP contribution in [-0.2, 0) is 34.3 Å².